The molecule has 0 amide bonds. The highest BCUT2D eigenvalue weighted by Gasteiger charge is 2.27. The third kappa shape index (κ3) is 1.81. The number of carbonyl (C=O) groups excluding carboxylic acids is 1. The van der Waals surface area contributed by atoms with Crippen LogP contribution in [0.25, 0.3) is 10.9 Å². The lowest BCUT2D eigenvalue weighted by atomic mass is 10.1. The molecule has 1 aliphatic heterocycles. The first-order chi connectivity index (χ1) is 10.1. The molecule has 0 aliphatic carbocycles. The Bertz CT molecular complexity index is 807. The Morgan fingerprint density at radius 1 is 1.43 bits per heavy atom. The molecule has 0 fully saturated rings. The zero-order chi connectivity index (χ0) is 15.1. The quantitative estimate of drug-likeness (QED) is 0.835. The average molecular weight is 291 g/mol. The second-order valence-corrected chi connectivity index (χ2v) is 4.50. The fourth-order valence-corrected chi connectivity index (χ4v) is 2.36. The van der Waals surface area contributed by atoms with Crippen LogP contribution in [0.4, 0.5) is 0 Å². The van der Waals surface area contributed by atoms with Crippen molar-refractivity contribution in [3.63, 3.8) is 0 Å². The molecule has 0 saturated heterocycles. The Morgan fingerprint density at radius 3 is 2.90 bits per heavy atom. The van der Waals surface area contributed by atoms with Crippen molar-refractivity contribution in [1.82, 2.24) is 4.57 Å². The van der Waals surface area contributed by atoms with Crippen molar-refractivity contribution in [3.8, 4) is 17.2 Å². The number of carbonyl (C=O) groups is 1. The number of rotatable bonds is 2. The topological polar surface area (TPSA) is 87.0 Å². The van der Waals surface area contributed by atoms with Gasteiger partial charge < -0.3 is 23.9 Å². The Hall–Kier alpha value is -2.70. The predicted molar refractivity (Wildman–Crippen MR) is 72.9 cm³/mol. The van der Waals surface area contributed by atoms with E-state index in [0.29, 0.717) is 17.0 Å². The summed E-state index contributed by atoms with van der Waals surface area (Å²) in [6, 6.07) is 3.27. The number of pyridine rings is 1. The molecule has 7 heteroatoms. The molecular formula is C14H13NO6. The van der Waals surface area contributed by atoms with Gasteiger partial charge in [0, 0.05) is 7.05 Å². The number of aromatic hydroxyl groups is 1. The summed E-state index contributed by atoms with van der Waals surface area (Å²) in [6.45, 7) is 1.74. The van der Waals surface area contributed by atoms with Gasteiger partial charge in [-0.25, -0.2) is 4.79 Å². The number of fused-ring (bicyclic) bond motifs is 3. The third-order valence-electron chi connectivity index (χ3n) is 3.35. The molecule has 0 bridgehead atoms. The minimum absolute atomic E-state index is 0.0193. The fraction of sp³-hybridized carbons (Fsp3) is 0.286. The van der Waals surface area contributed by atoms with Gasteiger partial charge in [0.1, 0.15) is 5.75 Å². The second-order valence-electron chi connectivity index (χ2n) is 4.50. The molecule has 1 aromatic heterocycles. The Labute approximate surface area is 119 Å². The average Bonchev–Trinajstić information content (AvgIpc) is 2.92. The van der Waals surface area contributed by atoms with Crippen LogP contribution in [0, 0.1) is 0 Å². The summed E-state index contributed by atoms with van der Waals surface area (Å²) in [5.74, 6) is -0.555. The van der Waals surface area contributed by atoms with Crippen LogP contribution in [0.2, 0.25) is 0 Å². The van der Waals surface area contributed by atoms with Crippen LogP contribution >= 0.6 is 0 Å². The van der Waals surface area contributed by atoms with Gasteiger partial charge in [-0.3, -0.25) is 4.79 Å². The van der Waals surface area contributed by atoms with E-state index >= 15 is 0 Å². The van der Waals surface area contributed by atoms with E-state index in [1.54, 1.807) is 19.1 Å². The number of aromatic nitrogens is 1. The van der Waals surface area contributed by atoms with Crippen LogP contribution in [0.1, 0.15) is 17.3 Å². The molecule has 0 radical (unpaired) electrons. The van der Waals surface area contributed by atoms with Crippen molar-refractivity contribution >= 4 is 16.9 Å². The van der Waals surface area contributed by atoms with Crippen molar-refractivity contribution in [2.24, 2.45) is 7.05 Å². The van der Waals surface area contributed by atoms with Crippen molar-refractivity contribution in [2.45, 2.75) is 6.92 Å². The first kappa shape index (κ1) is 13.3. The van der Waals surface area contributed by atoms with Crippen molar-refractivity contribution in [3.05, 3.63) is 28.0 Å². The second kappa shape index (κ2) is 4.69. The van der Waals surface area contributed by atoms with E-state index in [4.69, 9.17) is 14.2 Å². The first-order valence-electron chi connectivity index (χ1n) is 6.37. The summed E-state index contributed by atoms with van der Waals surface area (Å²) >= 11 is 0. The molecule has 0 saturated carbocycles. The summed E-state index contributed by atoms with van der Waals surface area (Å²) in [6.07, 6.45) is 0. The molecule has 2 aromatic rings. The van der Waals surface area contributed by atoms with E-state index in [1.807, 2.05) is 0 Å². The zero-order valence-electron chi connectivity index (χ0n) is 11.5. The van der Waals surface area contributed by atoms with Gasteiger partial charge in [0.2, 0.25) is 6.79 Å². The number of hydrogen-bond donors (Lipinski definition) is 1. The van der Waals surface area contributed by atoms with Gasteiger partial charge in [-0.05, 0) is 19.1 Å². The van der Waals surface area contributed by atoms with Crippen molar-refractivity contribution < 1.29 is 24.1 Å². The molecule has 2 heterocycles. The standard InChI is InChI=1S/C14H13NO6/c1-3-19-14(18)10-11(16)9-7(15(2)13(10)17)4-5-8-12(9)21-6-20-8/h4-5,16H,3,6H2,1-2H3. The van der Waals surface area contributed by atoms with E-state index in [0.717, 1.165) is 0 Å². The van der Waals surface area contributed by atoms with Crippen LogP contribution in [0.15, 0.2) is 16.9 Å². The van der Waals surface area contributed by atoms with E-state index in [1.165, 1.54) is 11.6 Å². The van der Waals surface area contributed by atoms with E-state index < -0.39 is 22.8 Å². The number of benzene rings is 1. The Kier molecular flexibility index (Phi) is 2.97. The molecule has 7 nitrogen and oxygen atoms in total. The van der Waals surface area contributed by atoms with E-state index in [2.05, 4.69) is 0 Å². The van der Waals surface area contributed by atoms with E-state index in [9.17, 15) is 14.7 Å². The summed E-state index contributed by atoms with van der Waals surface area (Å²) in [5.41, 5.74) is -0.595. The van der Waals surface area contributed by atoms with Crippen LogP contribution < -0.4 is 15.0 Å². The highest BCUT2D eigenvalue weighted by molar-refractivity contribution is 6.02. The number of nitrogens with zero attached hydrogens (tertiary/aromatic N) is 1. The summed E-state index contributed by atoms with van der Waals surface area (Å²) in [7, 11) is 1.51. The molecule has 0 spiro atoms. The molecule has 3 rings (SSSR count). The van der Waals surface area contributed by atoms with E-state index in [-0.39, 0.29) is 18.8 Å². The smallest absolute Gasteiger partial charge is 0.347 e. The van der Waals surface area contributed by atoms with Gasteiger partial charge in [0.05, 0.1) is 17.5 Å². The lowest BCUT2D eigenvalue weighted by Crippen LogP contribution is -2.26. The van der Waals surface area contributed by atoms with Gasteiger partial charge >= 0.3 is 5.97 Å². The Morgan fingerprint density at radius 2 is 2.19 bits per heavy atom. The maximum atomic E-state index is 12.3. The largest absolute Gasteiger partial charge is 0.506 e. The minimum atomic E-state index is -0.867. The Balaban J connectivity index is 2.41. The monoisotopic (exact) mass is 291 g/mol. The lowest BCUT2D eigenvalue weighted by Gasteiger charge is -2.12. The van der Waals surface area contributed by atoms with Crippen molar-refractivity contribution in [1.29, 1.82) is 0 Å². The summed E-state index contributed by atoms with van der Waals surface area (Å²) in [4.78, 5) is 24.2. The molecule has 1 aromatic carbocycles. The molecule has 1 N–H and O–H groups in total. The maximum Gasteiger partial charge on any atom is 0.347 e. The normalized spacial score (nSPS) is 12.7. The van der Waals surface area contributed by atoms with Crippen LogP contribution in [0.5, 0.6) is 17.2 Å². The zero-order valence-corrected chi connectivity index (χ0v) is 11.5. The number of aryl methyl sites for hydroxylation is 1. The highest BCUT2D eigenvalue weighted by Crippen LogP contribution is 2.43. The molecular weight excluding hydrogens is 278 g/mol. The van der Waals surface area contributed by atoms with Crippen LogP contribution in [-0.2, 0) is 11.8 Å². The summed E-state index contributed by atoms with van der Waals surface area (Å²) in [5, 5.41) is 10.6. The fourth-order valence-electron chi connectivity index (χ4n) is 2.36. The van der Waals surface area contributed by atoms with Crippen LogP contribution in [0.3, 0.4) is 0 Å². The van der Waals surface area contributed by atoms with Gasteiger partial charge in [-0.2, -0.15) is 0 Å². The van der Waals surface area contributed by atoms with Gasteiger partial charge in [0.15, 0.2) is 17.1 Å². The number of hydrogen-bond acceptors (Lipinski definition) is 6. The number of ether oxygens (including phenoxy) is 3. The third-order valence-corrected chi connectivity index (χ3v) is 3.35. The number of esters is 1. The molecule has 1 aliphatic rings. The molecule has 0 unspecified atom stereocenters. The maximum absolute atomic E-state index is 12.3. The van der Waals surface area contributed by atoms with Crippen LogP contribution in [-0.4, -0.2) is 29.0 Å². The summed E-state index contributed by atoms with van der Waals surface area (Å²) < 4.78 is 16.7. The van der Waals surface area contributed by atoms with Gasteiger partial charge in [-0.1, -0.05) is 0 Å². The first-order valence-corrected chi connectivity index (χ1v) is 6.37. The lowest BCUT2D eigenvalue weighted by molar-refractivity contribution is 0.0520. The van der Waals surface area contributed by atoms with Crippen molar-refractivity contribution in [2.75, 3.05) is 13.4 Å². The highest BCUT2D eigenvalue weighted by atomic mass is 16.7. The molecule has 21 heavy (non-hydrogen) atoms. The molecule has 0 atom stereocenters. The predicted octanol–water partition coefficient (Wildman–Crippen LogP) is 1.15. The van der Waals surface area contributed by atoms with Gasteiger partial charge in [0.25, 0.3) is 5.56 Å². The SMILES string of the molecule is CCOC(=O)c1c(O)c2c3c(ccc2n(C)c1=O)OCO3. The molecule has 110 valence electrons. The van der Waals surface area contributed by atoms with Gasteiger partial charge in [-0.15, -0.1) is 0 Å². The minimum Gasteiger partial charge on any atom is -0.506 e.